The summed E-state index contributed by atoms with van der Waals surface area (Å²) in [5, 5.41) is 9.99. The molecule has 15 heavy (non-hydrogen) atoms. The molecule has 2 aromatic carbocycles. The molecule has 0 spiro atoms. The van der Waals surface area contributed by atoms with Crippen LogP contribution in [0.4, 0.5) is 0 Å². The molecule has 0 radical (unpaired) electrons. The molecule has 2 heteroatoms. The lowest BCUT2D eigenvalue weighted by Gasteiger charge is -1.91. The van der Waals surface area contributed by atoms with Crippen molar-refractivity contribution in [2.75, 3.05) is 0 Å². The Morgan fingerprint density at radius 1 is 1.13 bits per heavy atom. The number of H-pyrrole nitrogens is 1. The summed E-state index contributed by atoms with van der Waals surface area (Å²) in [7, 11) is 0. The lowest BCUT2D eigenvalue weighted by Crippen LogP contribution is -1.72. The summed E-state index contributed by atoms with van der Waals surface area (Å²) in [5.74, 6) is 0. The fourth-order valence-electron chi connectivity index (χ4n) is 1.67. The fraction of sp³-hybridized carbons (Fsp3) is 0. The maximum atomic E-state index is 8.92. The molecule has 2 nitrogen and oxygen atoms in total. The Kier molecular flexibility index (Phi) is 0.952. The first-order valence-corrected chi connectivity index (χ1v) is 4.46. The summed E-state index contributed by atoms with van der Waals surface area (Å²) in [5.41, 5.74) is 1.53. The van der Waals surface area contributed by atoms with Crippen molar-refractivity contribution in [2.24, 2.45) is 0 Å². The molecule has 0 amide bonds. The molecule has 1 N–H and O–H groups in total. The van der Waals surface area contributed by atoms with Gasteiger partial charge in [-0.05, 0) is 24.2 Å². The van der Waals surface area contributed by atoms with Gasteiger partial charge in [-0.15, -0.1) is 0 Å². The largest absolute Gasteiger partial charge is 0.355 e. The van der Waals surface area contributed by atoms with Crippen molar-refractivity contribution in [1.29, 1.82) is 5.26 Å². The monoisotopic (exact) mass is 196 g/mol. The van der Waals surface area contributed by atoms with Crippen molar-refractivity contribution in [1.82, 2.24) is 4.98 Å². The summed E-state index contributed by atoms with van der Waals surface area (Å²) < 4.78 is 31.2. The fourth-order valence-corrected chi connectivity index (χ4v) is 1.67. The van der Waals surface area contributed by atoms with Gasteiger partial charge in [-0.2, -0.15) is 5.26 Å². The third kappa shape index (κ3) is 1.10. The summed E-state index contributed by atoms with van der Waals surface area (Å²) >= 11 is 0. The quantitative estimate of drug-likeness (QED) is 0.589. The maximum Gasteiger partial charge on any atom is 0.0991 e. The SMILES string of the molecule is [2H]c1c([2H])c([2H])c2c([nH]c3ccc(C#N)cc32)c1[2H]. The second-order valence-corrected chi connectivity index (χ2v) is 3.25. The lowest BCUT2D eigenvalue weighted by atomic mass is 10.1. The van der Waals surface area contributed by atoms with Gasteiger partial charge in [-0.25, -0.2) is 0 Å². The number of fused-ring (bicyclic) bond motifs is 3. The van der Waals surface area contributed by atoms with Crippen molar-refractivity contribution < 1.29 is 5.48 Å². The normalized spacial score (nSPS) is 14.3. The van der Waals surface area contributed by atoms with Crippen LogP contribution in [0.5, 0.6) is 0 Å². The topological polar surface area (TPSA) is 39.6 Å². The third-order valence-electron chi connectivity index (χ3n) is 2.37. The van der Waals surface area contributed by atoms with Gasteiger partial charge in [0.2, 0.25) is 0 Å². The summed E-state index contributed by atoms with van der Waals surface area (Å²) in [4.78, 5) is 2.99. The minimum absolute atomic E-state index is 0.0858. The number of nitriles is 1. The molecule has 3 rings (SSSR count). The predicted octanol–water partition coefficient (Wildman–Crippen LogP) is 3.19. The average Bonchev–Trinajstić information content (AvgIpc) is 2.81. The van der Waals surface area contributed by atoms with Crippen LogP contribution in [0.2, 0.25) is 0 Å². The number of hydrogen-bond donors (Lipinski definition) is 1. The van der Waals surface area contributed by atoms with E-state index in [2.05, 4.69) is 4.98 Å². The maximum absolute atomic E-state index is 8.92. The van der Waals surface area contributed by atoms with Crippen LogP contribution >= 0.6 is 0 Å². The second kappa shape index (κ2) is 2.86. The molecule has 0 aliphatic carbocycles. The molecule has 0 fully saturated rings. The van der Waals surface area contributed by atoms with E-state index in [0.29, 0.717) is 27.4 Å². The highest BCUT2D eigenvalue weighted by molar-refractivity contribution is 6.07. The van der Waals surface area contributed by atoms with E-state index >= 15 is 0 Å². The van der Waals surface area contributed by atoms with Crippen LogP contribution in [-0.2, 0) is 0 Å². The van der Waals surface area contributed by atoms with E-state index in [0.717, 1.165) is 0 Å². The molecule has 1 heterocycles. The summed E-state index contributed by atoms with van der Waals surface area (Å²) in [6, 6.07) is 6.32. The van der Waals surface area contributed by atoms with E-state index in [1.54, 1.807) is 18.2 Å². The number of nitrogens with one attached hydrogen (secondary N) is 1. The smallest absolute Gasteiger partial charge is 0.0991 e. The van der Waals surface area contributed by atoms with Gasteiger partial charge in [0.05, 0.1) is 17.1 Å². The number of para-hydroxylation sites is 1. The van der Waals surface area contributed by atoms with Crippen LogP contribution in [0.1, 0.15) is 11.0 Å². The Morgan fingerprint density at radius 3 is 2.87 bits per heavy atom. The Hall–Kier alpha value is -2.27. The molecule has 3 aromatic rings. The van der Waals surface area contributed by atoms with Crippen LogP contribution in [0.3, 0.4) is 0 Å². The predicted molar refractivity (Wildman–Crippen MR) is 60.5 cm³/mol. The van der Waals surface area contributed by atoms with E-state index in [4.69, 9.17) is 10.7 Å². The van der Waals surface area contributed by atoms with E-state index < -0.39 is 0 Å². The molecular formula is C13H8N2. The first-order valence-electron chi connectivity index (χ1n) is 6.46. The van der Waals surface area contributed by atoms with E-state index in [-0.39, 0.29) is 24.2 Å². The minimum atomic E-state index is -0.263. The lowest BCUT2D eigenvalue weighted by molar-refractivity contribution is 1.49. The zero-order valence-corrected chi connectivity index (χ0v) is 7.68. The standard InChI is InChI=1S/C13H8N2/c14-8-9-5-6-13-11(7-9)10-3-1-2-4-12(10)15-13/h1-7,15H/i1D,2D,3D,4D. The van der Waals surface area contributed by atoms with Crippen LogP contribution in [-0.4, -0.2) is 4.98 Å². The average molecular weight is 196 g/mol. The number of benzene rings is 2. The Labute approximate surface area is 92.4 Å². The molecule has 0 saturated carbocycles. The molecule has 0 atom stereocenters. The molecule has 0 aliphatic rings. The molecule has 0 unspecified atom stereocenters. The number of nitrogens with zero attached hydrogens (tertiary/aromatic N) is 1. The van der Waals surface area contributed by atoms with E-state index in [1.807, 2.05) is 6.07 Å². The number of rotatable bonds is 0. The second-order valence-electron chi connectivity index (χ2n) is 3.25. The highest BCUT2D eigenvalue weighted by Crippen LogP contribution is 2.25. The van der Waals surface area contributed by atoms with Gasteiger partial charge >= 0.3 is 0 Å². The van der Waals surface area contributed by atoms with Crippen molar-refractivity contribution in [3.8, 4) is 6.07 Å². The first-order chi connectivity index (χ1) is 9.04. The van der Waals surface area contributed by atoms with E-state index in [9.17, 15) is 0 Å². The van der Waals surface area contributed by atoms with Crippen LogP contribution in [0.25, 0.3) is 21.8 Å². The van der Waals surface area contributed by atoms with E-state index in [1.165, 1.54) is 0 Å². The van der Waals surface area contributed by atoms with Gasteiger partial charge < -0.3 is 4.98 Å². The molecule has 70 valence electrons. The number of aromatic nitrogens is 1. The third-order valence-corrected chi connectivity index (χ3v) is 2.37. The minimum Gasteiger partial charge on any atom is -0.355 e. The Bertz CT molecular complexity index is 874. The zero-order chi connectivity index (χ0) is 13.7. The highest BCUT2D eigenvalue weighted by atomic mass is 14.7. The van der Waals surface area contributed by atoms with Crippen molar-refractivity contribution in [2.45, 2.75) is 0 Å². The molecule has 0 saturated heterocycles. The van der Waals surface area contributed by atoms with Gasteiger partial charge in [-0.3, -0.25) is 0 Å². The summed E-state index contributed by atoms with van der Waals surface area (Å²) in [6.07, 6.45) is 0. The van der Waals surface area contributed by atoms with Crippen LogP contribution in [0, 0.1) is 11.3 Å². The van der Waals surface area contributed by atoms with Crippen LogP contribution < -0.4 is 0 Å². The first kappa shape index (κ1) is 4.99. The van der Waals surface area contributed by atoms with Crippen molar-refractivity contribution in [3.05, 3.63) is 47.9 Å². The molecule has 1 aromatic heterocycles. The number of hydrogen-bond acceptors (Lipinski definition) is 1. The molecule has 0 bridgehead atoms. The molecular weight excluding hydrogens is 184 g/mol. The molecule has 0 aliphatic heterocycles. The highest BCUT2D eigenvalue weighted by Gasteiger charge is 2.03. The Balaban J connectivity index is 2.61. The van der Waals surface area contributed by atoms with Gasteiger partial charge in [0, 0.05) is 21.8 Å². The van der Waals surface area contributed by atoms with Gasteiger partial charge in [-0.1, -0.05) is 18.1 Å². The zero-order valence-electron chi connectivity index (χ0n) is 11.7. The van der Waals surface area contributed by atoms with Crippen molar-refractivity contribution in [3.63, 3.8) is 0 Å². The Morgan fingerprint density at radius 2 is 2.00 bits per heavy atom. The number of aromatic amines is 1. The van der Waals surface area contributed by atoms with Crippen molar-refractivity contribution >= 4 is 21.8 Å². The summed E-state index contributed by atoms with van der Waals surface area (Å²) in [6.45, 7) is 0. The van der Waals surface area contributed by atoms with Crippen LogP contribution in [0.15, 0.2) is 42.4 Å². The van der Waals surface area contributed by atoms with Gasteiger partial charge in [0.25, 0.3) is 0 Å². The van der Waals surface area contributed by atoms with Gasteiger partial charge in [0.15, 0.2) is 0 Å². The van der Waals surface area contributed by atoms with Gasteiger partial charge in [0.1, 0.15) is 0 Å².